The second-order valence-corrected chi connectivity index (χ2v) is 7.20. The minimum absolute atomic E-state index is 0.00615. The Morgan fingerprint density at radius 3 is 2.36 bits per heavy atom. The Hall–Kier alpha value is -2.13. The van der Waals surface area contributed by atoms with Crippen LogP contribution >= 0.6 is 0 Å². The van der Waals surface area contributed by atoms with Gasteiger partial charge in [-0.3, -0.25) is 4.79 Å². The maximum Gasteiger partial charge on any atom is 0.238 e. The molecular weight excluding hydrogens is 308 g/mol. The molecule has 0 aliphatic heterocycles. The number of carbonyl (C=O) groups is 1. The first-order valence-electron chi connectivity index (χ1n) is 8.99. The highest BCUT2D eigenvalue weighted by atomic mass is 16.1. The molecule has 2 rings (SSSR count). The van der Waals surface area contributed by atoms with Crippen molar-refractivity contribution in [1.82, 2.24) is 5.32 Å². The molecule has 2 aromatic carbocycles. The van der Waals surface area contributed by atoms with E-state index >= 15 is 0 Å². The number of aryl methyl sites for hydroxylation is 3. The highest BCUT2D eigenvalue weighted by Gasteiger charge is 2.14. The SMILES string of the molecule is Cc1ccc(C)c([C@@H](C)NCC(=O)Nc2c(C)cccc2C(C)C)c1. The minimum atomic E-state index is -0.00615. The topological polar surface area (TPSA) is 41.1 Å². The molecule has 0 aliphatic rings. The molecule has 0 aromatic heterocycles. The third-order valence-electron chi connectivity index (χ3n) is 4.66. The Bertz CT molecular complexity index is 750. The Kier molecular flexibility index (Phi) is 6.38. The van der Waals surface area contributed by atoms with Crippen LogP contribution in [0.3, 0.4) is 0 Å². The fourth-order valence-electron chi connectivity index (χ4n) is 3.11. The summed E-state index contributed by atoms with van der Waals surface area (Å²) in [5, 5.41) is 6.43. The van der Waals surface area contributed by atoms with Gasteiger partial charge in [-0.25, -0.2) is 0 Å². The maximum absolute atomic E-state index is 12.5. The predicted molar refractivity (Wildman–Crippen MR) is 106 cm³/mol. The van der Waals surface area contributed by atoms with Crippen LogP contribution in [0.2, 0.25) is 0 Å². The molecule has 0 radical (unpaired) electrons. The summed E-state index contributed by atoms with van der Waals surface area (Å²) in [6.07, 6.45) is 0. The van der Waals surface area contributed by atoms with E-state index in [2.05, 4.69) is 69.5 Å². The second kappa shape index (κ2) is 8.30. The molecule has 0 saturated heterocycles. The molecule has 0 spiro atoms. The van der Waals surface area contributed by atoms with Gasteiger partial charge in [-0.1, -0.05) is 55.8 Å². The smallest absolute Gasteiger partial charge is 0.238 e. The van der Waals surface area contributed by atoms with Gasteiger partial charge in [0.05, 0.1) is 6.54 Å². The lowest BCUT2D eigenvalue weighted by atomic mass is 9.98. The van der Waals surface area contributed by atoms with Gasteiger partial charge >= 0.3 is 0 Å². The van der Waals surface area contributed by atoms with Gasteiger partial charge in [-0.15, -0.1) is 0 Å². The standard InChI is InChI=1S/C22H30N2O/c1-14(2)19-9-7-8-17(5)22(19)24-21(25)13-23-18(6)20-12-15(3)10-11-16(20)4/h7-12,14,18,23H,13H2,1-6H3,(H,24,25)/t18-/m1/s1. The maximum atomic E-state index is 12.5. The molecular formula is C22H30N2O. The number of rotatable bonds is 6. The van der Waals surface area contributed by atoms with Gasteiger partial charge in [0.25, 0.3) is 0 Å². The Morgan fingerprint density at radius 2 is 1.68 bits per heavy atom. The van der Waals surface area contributed by atoms with E-state index in [-0.39, 0.29) is 11.9 Å². The number of hydrogen-bond donors (Lipinski definition) is 2. The quantitative estimate of drug-likeness (QED) is 0.776. The second-order valence-electron chi connectivity index (χ2n) is 7.20. The molecule has 0 fully saturated rings. The summed E-state index contributed by atoms with van der Waals surface area (Å²) in [5.41, 5.74) is 6.94. The van der Waals surface area contributed by atoms with Crippen LogP contribution in [0, 0.1) is 20.8 Å². The highest BCUT2D eigenvalue weighted by molar-refractivity contribution is 5.94. The van der Waals surface area contributed by atoms with Gasteiger partial charge in [-0.2, -0.15) is 0 Å². The van der Waals surface area contributed by atoms with Crippen molar-refractivity contribution in [1.29, 1.82) is 0 Å². The first kappa shape index (κ1) is 19.2. The van der Waals surface area contributed by atoms with Crippen molar-refractivity contribution >= 4 is 11.6 Å². The van der Waals surface area contributed by atoms with Gasteiger partial charge in [-0.05, 0) is 55.9 Å². The van der Waals surface area contributed by atoms with Crippen LogP contribution in [-0.4, -0.2) is 12.5 Å². The fourth-order valence-corrected chi connectivity index (χ4v) is 3.11. The lowest BCUT2D eigenvalue weighted by Crippen LogP contribution is -2.31. The van der Waals surface area contributed by atoms with Gasteiger partial charge in [0, 0.05) is 11.7 Å². The number of nitrogens with one attached hydrogen (secondary N) is 2. The summed E-state index contributed by atoms with van der Waals surface area (Å²) < 4.78 is 0. The van der Waals surface area contributed by atoms with Crippen LogP contribution < -0.4 is 10.6 Å². The van der Waals surface area contributed by atoms with Gasteiger partial charge < -0.3 is 10.6 Å². The molecule has 2 N–H and O–H groups in total. The highest BCUT2D eigenvalue weighted by Crippen LogP contribution is 2.27. The number of amides is 1. The predicted octanol–water partition coefficient (Wildman–Crippen LogP) is 5.02. The number of benzene rings is 2. The average Bonchev–Trinajstić information content (AvgIpc) is 2.56. The molecule has 134 valence electrons. The molecule has 1 atom stereocenters. The van der Waals surface area contributed by atoms with Crippen molar-refractivity contribution in [2.45, 2.75) is 53.5 Å². The van der Waals surface area contributed by atoms with Crippen LogP contribution in [0.4, 0.5) is 5.69 Å². The van der Waals surface area contributed by atoms with Crippen molar-refractivity contribution in [2.24, 2.45) is 0 Å². The van der Waals surface area contributed by atoms with E-state index in [1.54, 1.807) is 0 Å². The minimum Gasteiger partial charge on any atom is -0.324 e. The van der Waals surface area contributed by atoms with E-state index in [4.69, 9.17) is 0 Å². The monoisotopic (exact) mass is 338 g/mol. The van der Waals surface area contributed by atoms with E-state index in [1.807, 2.05) is 19.1 Å². The Labute approximate surface area is 151 Å². The molecule has 3 nitrogen and oxygen atoms in total. The molecule has 1 amide bonds. The van der Waals surface area contributed by atoms with Crippen molar-refractivity contribution in [3.05, 3.63) is 64.2 Å². The first-order valence-corrected chi connectivity index (χ1v) is 8.99. The van der Waals surface area contributed by atoms with E-state index in [1.165, 1.54) is 22.3 Å². The fraction of sp³-hybridized carbons (Fsp3) is 0.409. The molecule has 0 unspecified atom stereocenters. The van der Waals surface area contributed by atoms with Crippen LogP contribution in [0.1, 0.15) is 60.5 Å². The molecule has 2 aromatic rings. The van der Waals surface area contributed by atoms with Gasteiger partial charge in [0.15, 0.2) is 0 Å². The zero-order chi connectivity index (χ0) is 18.6. The molecule has 3 heteroatoms. The zero-order valence-corrected chi connectivity index (χ0v) is 16.2. The molecule has 0 bridgehead atoms. The summed E-state index contributed by atoms with van der Waals surface area (Å²) >= 11 is 0. The number of para-hydroxylation sites is 1. The van der Waals surface area contributed by atoms with Gasteiger partial charge in [0.1, 0.15) is 0 Å². The molecule has 25 heavy (non-hydrogen) atoms. The summed E-state index contributed by atoms with van der Waals surface area (Å²) in [6, 6.07) is 12.7. The third kappa shape index (κ3) is 4.93. The van der Waals surface area contributed by atoms with Gasteiger partial charge in [0.2, 0.25) is 5.91 Å². The molecule has 0 aliphatic carbocycles. The van der Waals surface area contributed by atoms with Crippen molar-refractivity contribution in [3.8, 4) is 0 Å². The first-order chi connectivity index (χ1) is 11.8. The summed E-state index contributed by atoms with van der Waals surface area (Å²) in [7, 11) is 0. The van der Waals surface area contributed by atoms with E-state index in [0.29, 0.717) is 12.5 Å². The van der Waals surface area contributed by atoms with Crippen LogP contribution in [-0.2, 0) is 4.79 Å². The lowest BCUT2D eigenvalue weighted by Gasteiger charge is -2.19. The summed E-state index contributed by atoms with van der Waals surface area (Å²) in [6.45, 7) is 12.9. The summed E-state index contributed by atoms with van der Waals surface area (Å²) in [4.78, 5) is 12.5. The molecule has 0 heterocycles. The number of carbonyl (C=O) groups excluding carboxylic acids is 1. The zero-order valence-electron chi connectivity index (χ0n) is 16.2. The van der Waals surface area contributed by atoms with Crippen molar-refractivity contribution < 1.29 is 4.79 Å². The average molecular weight is 338 g/mol. The van der Waals surface area contributed by atoms with Crippen molar-refractivity contribution in [2.75, 3.05) is 11.9 Å². The normalized spacial score (nSPS) is 12.3. The number of anilines is 1. The van der Waals surface area contributed by atoms with E-state index in [9.17, 15) is 4.79 Å². The summed E-state index contributed by atoms with van der Waals surface area (Å²) in [5.74, 6) is 0.366. The van der Waals surface area contributed by atoms with Crippen LogP contribution in [0.25, 0.3) is 0 Å². The lowest BCUT2D eigenvalue weighted by molar-refractivity contribution is -0.115. The Balaban J connectivity index is 2.03. The Morgan fingerprint density at radius 1 is 0.960 bits per heavy atom. The number of hydrogen-bond acceptors (Lipinski definition) is 2. The van der Waals surface area contributed by atoms with E-state index in [0.717, 1.165) is 11.3 Å². The molecule has 0 saturated carbocycles. The van der Waals surface area contributed by atoms with Crippen LogP contribution in [0.5, 0.6) is 0 Å². The third-order valence-corrected chi connectivity index (χ3v) is 4.66. The largest absolute Gasteiger partial charge is 0.324 e. The van der Waals surface area contributed by atoms with Crippen LogP contribution in [0.15, 0.2) is 36.4 Å². The van der Waals surface area contributed by atoms with E-state index < -0.39 is 0 Å². The van der Waals surface area contributed by atoms with Crippen molar-refractivity contribution in [3.63, 3.8) is 0 Å².